The summed E-state index contributed by atoms with van der Waals surface area (Å²) >= 11 is 1.55. The first-order valence-electron chi connectivity index (χ1n) is 12.6. The van der Waals surface area contributed by atoms with Gasteiger partial charge < -0.3 is 24.8 Å². The van der Waals surface area contributed by atoms with Gasteiger partial charge in [0.15, 0.2) is 0 Å². The molecule has 0 heterocycles. The van der Waals surface area contributed by atoms with E-state index in [1.54, 1.807) is 24.2 Å². The van der Waals surface area contributed by atoms with Crippen LogP contribution in [0.3, 0.4) is 0 Å². The maximum atomic E-state index is 2.46. The molecule has 0 aliphatic heterocycles. The SMILES string of the molecule is CC1=C(C)C(C)C(c2c(C(C)(C)C)ccc3c2[cH-]c2cc(C(C)(C)C)ccc23)=C1C.C[C](C)=[Zr+2].[Cl-].[Cl-]. The second-order valence-electron chi connectivity index (χ2n) is 12.5. The van der Waals surface area contributed by atoms with Crippen molar-refractivity contribution in [2.24, 2.45) is 5.92 Å². The second-order valence-corrected chi connectivity index (χ2v) is 14.9. The Hall–Kier alpha value is -0.877. The molecular formula is C33H43Cl2Zr-. The molecule has 3 aromatic rings. The number of fused-ring (bicyclic) bond motifs is 3. The molecular weight excluding hydrogens is 558 g/mol. The Balaban J connectivity index is 0.00000101. The van der Waals surface area contributed by atoms with E-state index in [9.17, 15) is 0 Å². The molecule has 0 spiro atoms. The first-order chi connectivity index (χ1) is 15.6. The van der Waals surface area contributed by atoms with Crippen LogP contribution in [0.2, 0.25) is 0 Å². The van der Waals surface area contributed by atoms with E-state index in [0.29, 0.717) is 5.92 Å². The number of hydrogen-bond donors (Lipinski definition) is 0. The second kappa shape index (κ2) is 11.9. The molecule has 0 radical (unpaired) electrons. The van der Waals surface area contributed by atoms with Crippen molar-refractivity contribution in [3.63, 3.8) is 0 Å². The summed E-state index contributed by atoms with van der Waals surface area (Å²) in [7, 11) is 0. The van der Waals surface area contributed by atoms with Crippen LogP contribution in [-0.2, 0) is 35.1 Å². The van der Waals surface area contributed by atoms with Crippen molar-refractivity contribution in [3.8, 4) is 0 Å². The minimum Gasteiger partial charge on any atom is -1.00 e. The van der Waals surface area contributed by atoms with Crippen molar-refractivity contribution in [2.75, 3.05) is 0 Å². The Kier molecular flexibility index (Phi) is 10.9. The molecule has 1 aliphatic rings. The summed E-state index contributed by atoms with van der Waals surface area (Å²) in [5, 5.41) is 5.57. The third kappa shape index (κ3) is 6.39. The maximum absolute atomic E-state index is 2.46. The molecule has 0 saturated heterocycles. The zero-order valence-electron chi connectivity index (χ0n) is 24.3. The van der Waals surface area contributed by atoms with E-state index in [1.807, 2.05) is 0 Å². The molecule has 0 nitrogen and oxygen atoms in total. The van der Waals surface area contributed by atoms with Crippen LogP contribution in [0.25, 0.3) is 27.1 Å². The molecule has 0 fully saturated rings. The minimum absolute atomic E-state index is 0. The van der Waals surface area contributed by atoms with Crippen LogP contribution >= 0.6 is 0 Å². The van der Waals surface area contributed by atoms with Crippen LogP contribution in [0.15, 0.2) is 53.1 Å². The number of allylic oxidation sites excluding steroid dienone is 4. The fourth-order valence-electron chi connectivity index (χ4n) is 5.24. The zero-order valence-corrected chi connectivity index (χ0v) is 28.3. The molecule has 0 aromatic heterocycles. The number of hydrogen-bond acceptors (Lipinski definition) is 0. The predicted octanol–water partition coefficient (Wildman–Crippen LogP) is 3.82. The van der Waals surface area contributed by atoms with E-state index in [1.165, 1.54) is 63.7 Å². The zero-order chi connectivity index (χ0) is 25.7. The van der Waals surface area contributed by atoms with Crippen LogP contribution in [0.4, 0.5) is 0 Å². The molecule has 0 amide bonds. The van der Waals surface area contributed by atoms with E-state index in [2.05, 4.69) is 119 Å². The summed E-state index contributed by atoms with van der Waals surface area (Å²) in [4.78, 5) is 0. The summed E-state index contributed by atoms with van der Waals surface area (Å²) < 4.78 is 1.51. The Morgan fingerprint density at radius 2 is 1.33 bits per heavy atom. The molecule has 194 valence electrons. The van der Waals surface area contributed by atoms with E-state index < -0.39 is 0 Å². The quantitative estimate of drug-likeness (QED) is 0.373. The molecule has 3 aromatic carbocycles. The van der Waals surface area contributed by atoms with Crippen molar-refractivity contribution >= 4 is 30.3 Å². The maximum Gasteiger partial charge on any atom is -1.00 e. The van der Waals surface area contributed by atoms with Crippen molar-refractivity contribution in [2.45, 2.75) is 93.9 Å². The molecule has 3 heteroatoms. The van der Waals surface area contributed by atoms with Gasteiger partial charge in [-0.05, 0) is 43.1 Å². The third-order valence-electron chi connectivity index (χ3n) is 7.47. The van der Waals surface area contributed by atoms with Crippen LogP contribution in [0.1, 0.15) is 99.8 Å². The van der Waals surface area contributed by atoms with Crippen LogP contribution in [0.5, 0.6) is 0 Å². The Morgan fingerprint density at radius 1 is 0.806 bits per heavy atom. The molecule has 1 unspecified atom stereocenters. The summed E-state index contributed by atoms with van der Waals surface area (Å²) in [6.07, 6.45) is 0. The van der Waals surface area contributed by atoms with Crippen molar-refractivity contribution in [1.29, 1.82) is 0 Å². The average Bonchev–Trinajstić information content (AvgIpc) is 3.16. The van der Waals surface area contributed by atoms with Gasteiger partial charge in [0.25, 0.3) is 0 Å². The van der Waals surface area contributed by atoms with Gasteiger partial charge in [0, 0.05) is 0 Å². The summed E-state index contributed by atoms with van der Waals surface area (Å²) in [5.41, 5.74) is 10.6. The molecule has 0 saturated carbocycles. The number of rotatable bonds is 1. The number of benzene rings is 2. The third-order valence-corrected chi connectivity index (χ3v) is 7.47. The normalized spacial score (nSPS) is 16.1. The monoisotopic (exact) mass is 599 g/mol. The van der Waals surface area contributed by atoms with E-state index in [-0.39, 0.29) is 35.6 Å². The van der Waals surface area contributed by atoms with Crippen molar-refractivity contribution in [1.82, 2.24) is 0 Å². The molecule has 36 heavy (non-hydrogen) atoms. The number of halogens is 2. The first kappa shape index (κ1) is 33.2. The van der Waals surface area contributed by atoms with Gasteiger partial charge in [-0.3, -0.25) is 0 Å². The van der Waals surface area contributed by atoms with E-state index in [0.717, 1.165) is 0 Å². The smallest absolute Gasteiger partial charge is 1.00 e. The summed E-state index contributed by atoms with van der Waals surface area (Å²) in [5.74, 6) is 0.472. The van der Waals surface area contributed by atoms with Gasteiger partial charge in [0.05, 0.1) is 0 Å². The van der Waals surface area contributed by atoms with Gasteiger partial charge in [-0.2, -0.15) is 0 Å². The first-order valence-corrected chi connectivity index (χ1v) is 13.9. The van der Waals surface area contributed by atoms with Gasteiger partial charge in [-0.15, -0.1) is 33.7 Å². The topological polar surface area (TPSA) is 0 Å². The molecule has 4 rings (SSSR count). The Morgan fingerprint density at radius 3 is 1.78 bits per heavy atom. The van der Waals surface area contributed by atoms with Crippen LogP contribution in [-0.4, -0.2) is 3.21 Å². The fourth-order valence-corrected chi connectivity index (χ4v) is 5.24. The molecule has 0 N–H and O–H groups in total. The van der Waals surface area contributed by atoms with Gasteiger partial charge in [-0.25, -0.2) is 0 Å². The van der Waals surface area contributed by atoms with Gasteiger partial charge in [-0.1, -0.05) is 106 Å². The van der Waals surface area contributed by atoms with Crippen LogP contribution < -0.4 is 24.8 Å². The largest absolute Gasteiger partial charge is 1.00 e. The standard InChI is InChI=1S/C30H37.C3H6.2ClH.Zr/c1-17-18(2)20(4)27(19(17)3)28-25-16-21-15-22(29(5,6)7)11-12-23(21)24(25)13-14-26(28)30(8,9)10;1-3-2;;;/h11-16,19H,1-10H3;1-2H3;2*1H;/q-1;;;;+2/p-2. The van der Waals surface area contributed by atoms with Crippen molar-refractivity contribution < 1.29 is 49.0 Å². The van der Waals surface area contributed by atoms with E-state index >= 15 is 0 Å². The molecule has 1 aliphatic carbocycles. The minimum atomic E-state index is 0. The van der Waals surface area contributed by atoms with E-state index in [4.69, 9.17) is 0 Å². The average molecular weight is 602 g/mol. The predicted molar refractivity (Wildman–Crippen MR) is 151 cm³/mol. The summed E-state index contributed by atoms with van der Waals surface area (Å²) in [6.45, 7) is 27.5. The van der Waals surface area contributed by atoms with Crippen LogP contribution in [0, 0.1) is 5.92 Å². The fraction of sp³-hybridized carbons (Fsp3) is 0.455. The van der Waals surface area contributed by atoms with Gasteiger partial charge >= 0.3 is 41.3 Å². The molecule has 0 bridgehead atoms. The van der Waals surface area contributed by atoms with Gasteiger partial charge in [0.1, 0.15) is 0 Å². The van der Waals surface area contributed by atoms with Crippen molar-refractivity contribution in [3.05, 3.63) is 69.8 Å². The molecule has 1 atom stereocenters. The Bertz CT molecular complexity index is 1330. The van der Waals surface area contributed by atoms with Gasteiger partial charge in [0.2, 0.25) is 0 Å². The summed E-state index contributed by atoms with van der Waals surface area (Å²) in [6, 6.07) is 14.3. The Labute approximate surface area is 247 Å².